The molecule has 1 unspecified atom stereocenters. The molecule has 128 valence electrons. The Kier molecular flexibility index (Phi) is 4.96. The third-order valence-electron chi connectivity index (χ3n) is 3.93. The molecule has 1 aromatic heterocycles. The first kappa shape index (κ1) is 17.3. The van der Waals surface area contributed by atoms with Gasteiger partial charge in [-0.1, -0.05) is 0 Å². The molecule has 1 atom stereocenters. The van der Waals surface area contributed by atoms with E-state index in [0.717, 1.165) is 17.2 Å². The molecule has 1 N–H and O–H groups in total. The molecular formula is C14H18F3N3O3. The van der Waals surface area contributed by atoms with E-state index in [0.29, 0.717) is 19.5 Å². The first-order valence-corrected chi connectivity index (χ1v) is 7.26. The number of aliphatic carboxylic acids is 1. The van der Waals surface area contributed by atoms with Crippen molar-refractivity contribution in [3.63, 3.8) is 0 Å². The maximum absolute atomic E-state index is 12.6. The van der Waals surface area contributed by atoms with E-state index in [-0.39, 0.29) is 30.4 Å². The summed E-state index contributed by atoms with van der Waals surface area (Å²) in [6.07, 6.45) is -3.30. The number of aryl methyl sites for hydroxylation is 1. The van der Waals surface area contributed by atoms with Crippen LogP contribution in [0.3, 0.4) is 0 Å². The number of alkyl halides is 3. The maximum Gasteiger partial charge on any atom is 0.435 e. The summed E-state index contributed by atoms with van der Waals surface area (Å²) in [5, 5.41) is 12.2. The van der Waals surface area contributed by atoms with Gasteiger partial charge in [-0.3, -0.25) is 14.3 Å². The van der Waals surface area contributed by atoms with E-state index < -0.39 is 17.8 Å². The van der Waals surface area contributed by atoms with E-state index in [1.807, 2.05) is 0 Å². The Labute approximate surface area is 130 Å². The second-order valence-electron chi connectivity index (χ2n) is 5.76. The number of amides is 1. The van der Waals surface area contributed by atoms with Crippen molar-refractivity contribution in [2.24, 2.45) is 13.0 Å². The van der Waals surface area contributed by atoms with Gasteiger partial charge < -0.3 is 10.0 Å². The van der Waals surface area contributed by atoms with Crippen molar-refractivity contribution >= 4 is 11.9 Å². The molecule has 0 radical (unpaired) electrons. The lowest BCUT2D eigenvalue weighted by molar-refractivity contribution is -0.141. The third-order valence-corrected chi connectivity index (χ3v) is 3.93. The highest BCUT2D eigenvalue weighted by Crippen LogP contribution is 2.28. The van der Waals surface area contributed by atoms with E-state index in [1.165, 1.54) is 11.9 Å². The Morgan fingerprint density at radius 3 is 2.70 bits per heavy atom. The molecule has 2 heterocycles. The predicted octanol–water partition coefficient (Wildman–Crippen LogP) is 1.69. The number of hydrogen-bond donors (Lipinski definition) is 1. The Morgan fingerprint density at radius 1 is 1.43 bits per heavy atom. The van der Waals surface area contributed by atoms with Gasteiger partial charge in [0.05, 0.1) is 6.42 Å². The van der Waals surface area contributed by atoms with E-state index in [4.69, 9.17) is 5.11 Å². The van der Waals surface area contributed by atoms with E-state index >= 15 is 0 Å². The Morgan fingerprint density at radius 2 is 2.13 bits per heavy atom. The summed E-state index contributed by atoms with van der Waals surface area (Å²) >= 11 is 0. The van der Waals surface area contributed by atoms with Gasteiger partial charge in [-0.05, 0) is 24.8 Å². The molecule has 1 fully saturated rings. The Balaban J connectivity index is 2.01. The fourth-order valence-electron chi connectivity index (χ4n) is 2.78. The number of carboxylic acid groups (broad SMARTS) is 1. The van der Waals surface area contributed by atoms with Crippen LogP contribution in [0.4, 0.5) is 13.2 Å². The topological polar surface area (TPSA) is 75.4 Å². The highest BCUT2D eigenvalue weighted by atomic mass is 19.4. The van der Waals surface area contributed by atoms with Gasteiger partial charge in [0.25, 0.3) is 0 Å². The van der Waals surface area contributed by atoms with Crippen LogP contribution in [0.1, 0.15) is 30.7 Å². The lowest BCUT2D eigenvalue weighted by atomic mass is 9.94. The van der Waals surface area contributed by atoms with Gasteiger partial charge in [-0.2, -0.15) is 18.3 Å². The SMILES string of the molecule is Cn1nc(C(F)(F)F)cc1CC(=O)N1CCCC(CC(=O)O)C1. The number of likely N-dealkylation sites (tertiary alicyclic amines) is 1. The number of hydrogen-bond acceptors (Lipinski definition) is 3. The maximum atomic E-state index is 12.6. The summed E-state index contributed by atoms with van der Waals surface area (Å²) in [5.41, 5.74) is -0.840. The summed E-state index contributed by atoms with van der Waals surface area (Å²) < 4.78 is 38.9. The van der Waals surface area contributed by atoms with Gasteiger partial charge in [-0.25, -0.2) is 0 Å². The lowest BCUT2D eigenvalue weighted by Gasteiger charge is -2.32. The first-order valence-electron chi connectivity index (χ1n) is 7.26. The molecule has 2 rings (SSSR count). The Hall–Kier alpha value is -2.06. The molecule has 1 amide bonds. The quantitative estimate of drug-likeness (QED) is 0.910. The average Bonchev–Trinajstić information content (AvgIpc) is 2.80. The molecule has 0 aromatic carbocycles. The molecule has 1 aromatic rings. The number of piperidine rings is 1. The summed E-state index contributed by atoms with van der Waals surface area (Å²) in [6.45, 7) is 0.827. The largest absolute Gasteiger partial charge is 0.481 e. The fourth-order valence-corrected chi connectivity index (χ4v) is 2.78. The molecule has 9 heteroatoms. The van der Waals surface area contributed by atoms with Crippen LogP contribution < -0.4 is 0 Å². The first-order chi connectivity index (χ1) is 10.7. The number of halogens is 3. The highest BCUT2D eigenvalue weighted by molar-refractivity contribution is 5.78. The second kappa shape index (κ2) is 6.59. The molecule has 6 nitrogen and oxygen atoms in total. The van der Waals surface area contributed by atoms with E-state index in [1.54, 1.807) is 0 Å². The molecule has 23 heavy (non-hydrogen) atoms. The normalized spacial score (nSPS) is 19.0. The number of carboxylic acids is 1. The van der Waals surface area contributed by atoms with Crippen LogP contribution in [-0.2, 0) is 29.2 Å². The minimum atomic E-state index is -4.54. The van der Waals surface area contributed by atoms with Gasteiger partial charge in [0.1, 0.15) is 0 Å². The molecule has 0 spiro atoms. The van der Waals surface area contributed by atoms with Crippen LogP contribution in [0.15, 0.2) is 6.07 Å². The lowest BCUT2D eigenvalue weighted by Crippen LogP contribution is -2.41. The fraction of sp³-hybridized carbons (Fsp3) is 0.643. The summed E-state index contributed by atoms with van der Waals surface area (Å²) in [5.74, 6) is -1.33. The van der Waals surface area contributed by atoms with Crippen molar-refractivity contribution in [2.75, 3.05) is 13.1 Å². The molecule has 1 saturated heterocycles. The van der Waals surface area contributed by atoms with E-state index in [9.17, 15) is 22.8 Å². The smallest absolute Gasteiger partial charge is 0.435 e. The van der Waals surface area contributed by atoms with Gasteiger partial charge >= 0.3 is 12.1 Å². The minimum Gasteiger partial charge on any atom is -0.481 e. The van der Waals surface area contributed by atoms with Crippen molar-refractivity contribution in [1.29, 1.82) is 0 Å². The molecular weight excluding hydrogens is 315 g/mol. The predicted molar refractivity (Wildman–Crippen MR) is 73.5 cm³/mol. The summed E-state index contributed by atoms with van der Waals surface area (Å²) in [4.78, 5) is 24.5. The van der Waals surface area contributed by atoms with Crippen LogP contribution >= 0.6 is 0 Å². The number of carbonyl (C=O) groups is 2. The zero-order chi connectivity index (χ0) is 17.2. The number of aromatic nitrogens is 2. The van der Waals surface area contributed by atoms with Crippen molar-refractivity contribution in [3.05, 3.63) is 17.5 Å². The molecule has 0 saturated carbocycles. The van der Waals surface area contributed by atoms with Crippen LogP contribution in [-0.4, -0.2) is 44.8 Å². The highest BCUT2D eigenvalue weighted by Gasteiger charge is 2.35. The van der Waals surface area contributed by atoms with Crippen LogP contribution in [0.5, 0.6) is 0 Å². The molecule has 1 aliphatic rings. The summed E-state index contributed by atoms with van der Waals surface area (Å²) in [6, 6.07) is 0.872. The zero-order valence-electron chi connectivity index (χ0n) is 12.6. The van der Waals surface area contributed by atoms with Crippen LogP contribution in [0.25, 0.3) is 0 Å². The van der Waals surface area contributed by atoms with Gasteiger partial charge in [-0.15, -0.1) is 0 Å². The van der Waals surface area contributed by atoms with Crippen molar-refractivity contribution in [3.8, 4) is 0 Å². The minimum absolute atomic E-state index is 0.00624. The summed E-state index contributed by atoms with van der Waals surface area (Å²) in [7, 11) is 1.36. The van der Waals surface area contributed by atoms with Crippen molar-refractivity contribution < 1.29 is 27.9 Å². The average molecular weight is 333 g/mol. The molecule has 0 bridgehead atoms. The van der Waals surface area contributed by atoms with Gasteiger partial charge in [0.15, 0.2) is 5.69 Å². The number of carbonyl (C=O) groups excluding carboxylic acids is 1. The van der Waals surface area contributed by atoms with Crippen LogP contribution in [0.2, 0.25) is 0 Å². The second-order valence-corrected chi connectivity index (χ2v) is 5.76. The van der Waals surface area contributed by atoms with Crippen LogP contribution in [0, 0.1) is 5.92 Å². The molecule has 0 aliphatic carbocycles. The van der Waals surface area contributed by atoms with Gasteiger partial charge in [0, 0.05) is 32.3 Å². The Bertz CT molecular complexity index is 598. The molecule has 1 aliphatic heterocycles. The standard InChI is InChI=1S/C14H18F3N3O3/c1-19-10(6-11(18-19)14(15,16)17)7-12(21)20-4-2-3-9(8-20)5-13(22)23/h6,9H,2-5,7-8H2,1H3,(H,22,23). The van der Waals surface area contributed by atoms with E-state index in [2.05, 4.69) is 5.10 Å². The van der Waals surface area contributed by atoms with Crippen molar-refractivity contribution in [2.45, 2.75) is 31.9 Å². The third kappa shape index (κ3) is 4.46. The zero-order valence-corrected chi connectivity index (χ0v) is 12.6. The van der Waals surface area contributed by atoms with Gasteiger partial charge in [0.2, 0.25) is 5.91 Å². The number of rotatable bonds is 4. The monoisotopic (exact) mass is 333 g/mol. The van der Waals surface area contributed by atoms with Crippen molar-refractivity contribution in [1.82, 2.24) is 14.7 Å². The number of nitrogens with zero attached hydrogens (tertiary/aromatic N) is 3.